The lowest BCUT2D eigenvalue weighted by Gasteiger charge is -2.05. The summed E-state index contributed by atoms with van der Waals surface area (Å²) in [4.78, 5) is 0. The first-order chi connectivity index (χ1) is 10.3. The van der Waals surface area contributed by atoms with Gasteiger partial charge in [-0.25, -0.2) is 0 Å². The molecular weight excluding hydrogens is 252 g/mol. The first kappa shape index (κ1) is 23.0. The van der Waals surface area contributed by atoms with Gasteiger partial charge in [0.1, 0.15) is 0 Å². The van der Waals surface area contributed by atoms with Crippen molar-refractivity contribution in [1.29, 1.82) is 0 Å². The summed E-state index contributed by atoms with van der Waals surface area (Å²) >= 11 is 0. The Labute approximate surface area is 136 Å². The average Bonchev–Trinajstić information content (AvgIpc) is 2.55. The fraction of sp³-hybridized carbons (Fsp3) is 0.905. The van der Waals surface area contributed by atoms with Crippen molar-refractivity contribution in [2.75, 3.05) is 0 Å². The van der Waals surface area contributed by atoms with E-state index in [1.165, 1.54) is 103 Å². The predicted octanol–water partition coefficient (Wildman–Crippen LogP) is 8.46. The molecule has 0 N–H and O–H groups in total. The zero-order valence-corrected chi connectivity index (χ0v) is 15.6. The molecule has 0 radical (unpaired) electrons. The van der Waals surface area contributed by atoms with Gasteiger partial charge in [0.2, 0.25) is 0 Å². The molecule has 1 aliphatic rings. The van der Waals surface area contributed by atoms with E-state index in [0.717, 1.165) is 0 Å². The van der Waals surface area contributed by atoms with Crippen LogP contribution in [0.5, 0.6) is 0 Å². The summed E-state index contributed by atoms with van der Waals surface area (Å²) in [5.74, 6) is 0. The van der Waals surface area contributed by atoms with Gasteiger partial charge in [-0.15, -0.1) is 6.58 Å². The van der Waals surface area contributed by atoms with Crippen LogP contribution in [0.1, 0.15) is 124 Å². The maximum absolute atomic E-state index is 3.66. The van der Waals surface area contributed by atoms with Crippen LogP contribution < -0.4 is 0 Å². The second-order valence-corrected chi connectivity index (χ2v) is 6.32. The number of hydrogen-bond donors (Lipinski definition) is 0. The van der Waals surface area contributed by atoms with Crippen LogP contribution in [0.3, 0.4) is 0 Å². The van der Waals surface area contributed by atoms with Gasteiger partial charge < -0.3 is 0 Å². The molecule has 0 heteroatoms. The van der Waals surface area contributed by atoms with Gasteiger partial charge in [-0.05, 0) is 12.8 Å². The van der Waals surface area contributed by atoms with Crippen LogP contribution in [0, 0.1) is 0 Å². The lowest BCUT2D eigenvalue weighted by Crippen LogP contribution is -1.85. The van der Waals surface area contributed by atoms with Gasteiger partial charge in [0.25, 0.3) is 0 Å². The summed E-state index contributed by atoms with van der Waals surface area (Å²) in [5.41, 5.74) is 0. The predicted molar refractivity (Wildman–Crippen MR) is 101 cm³/mol. The number of unbranched alkanes of at least 4 members (excludes halogenated alkanes) is 8. The minimum atomic E-state index is 1.19. The first-order valence-corrected chi connectivity index (χ1v) is 9.94. The molecule has 0 aromatic carbocycles. The molecule has 21 heavy (non-hydrogen) atoms. The Hall–Kier alpha value is -0.260. The molecule has 0 bridgehead atoms. The van der Waals surface area contributed by atoms with E-state index < -0.39 is 0 Å². The van der Waals surface area contributed by atoms with Gasteiger partial charge in [-0.1, -0.05) is 117 Å². The van der Waals surface area contributed by atoms with E-state index >= 15 is 0 Å². The smallest absolute Gasteiger partial charge is 0.0353 e. The fourth-order valence-electron chi connectivity index (χ4n) is 2.45. The van der Waals surface area contributed by atoms with Crippen LogP contribution >= 0.6 is 0 Å². The topological polar surface area (TPSA) is 0 Å². The van der Waals surface area contributed by atoms with Crippen molar-refractivity contribution >= 4 is 0 Å². The maximum atomic E-state index is 3.66. The standard InChI is InChI=1S/C8H16.C7H16.C6H12/c1-3-5-7-8-6-4-2;1-3-5-7-6-4-2;1-2-4-6-5-3-1/h3H,1,4-8H2,2H3;3-7H2,1-2H3;1-6H2. The third kappa shape index (κ3) is 28.6. The van der Waals surface area contributed by atoms with E-state index in [-0.39, 0.29) is 0 Å². The molecule has 0 unspecified atom stereocenters. The van der Waals surface area contributed by atoms with Gasteiger partial charge in [0, 0.05) is 0 Å². The third-order valence-corrected chi connectivity index (χ3v) is 3.97. The van der Waals surface area contributed by atoms with Crippen molar-refractivity contribution in [1.82, 2.24) is 0 Å². The minimum absolute atomic E-state index is 1.19. The highest BCUT2D eigenvalue weighted by Gasteiger charge is 1.95. The van der Waals surface area contributed by atoms with Crippen molar-refractivity contribution in [3.8, 4) is 0 Å². The molecule has 1 aliphatic carbocycles. The van der Waals surface area contributed by atoms with Crippen LogP contribution in [0.4, 0.5) is 0 Å². The Morgan fingerprint density at radius 2 is 0.905 bits per heavy atom. The van der Waals surface area contributed by atoms with Gasteiger partial charge in [-0.2, -0.15) is 0 Å². The summed E-state index contributed by atoms with van der Waals surface area (Å²) in [6.07, 6.45) is 24.6. The van der Waals surface area contributed by atoms with Crippen LogP contribution in [0.15, 0.2) is 12.7 Å². The van der Waals surface area contributed by atoms with Crippen molar-refractivity contribution < 1.29 is 0 Å². The monoisotopic (exact) mass is 296 g/mol. The molecule has 0 heterocycles. The Morgan fingerprint density at radius 1 is 0.571 bits per heavy atom. The summed E-state index contributed by atoms with van der Waals surface area (Å²) in [6.45, 7) is 10.4. The van der Waals surface area contributed by atoms with Gasteiger partial charge in [0.05, 0.1) is 0 Å². The molecule has 0 aliphatic heterocycles. The SMILES string of the molecule is C1CCCCC1.C=CCCCCCC.CCCCCCC. The normalized spacial score (nSPS) is 13.5. The molecule has 1 rings (SSSR count). The van der Waals surface area contributed by atoms with Crippen molar-refractivity contribution in [3.63, 3.8) is 0 Å². The molecule has 0 atom stereocenters. The van der Waals surface area contributed by atoms with Crippen molar-refractivity contribution in [2.45, 2.75) is 124 Å². The zero-order chi connectivity index (χ0) is 16.0. The van der Waals surface area contributed by atoms with E-state index in [9.17, 15) is 0 Å². The highest BCUT2D eigenvalue weighted by Crippen LogP contribution is 2.15. The summed E-state index contributed by atoms with van der Waals surface area (Å²) in [6, 6.07) is 0. The largest absolute Gasteiger partial charge is 0.103 e. The fourth-order valence-corrected chi connectivity index (χ4v) is 2.45. The molecule has 0 saturated heterocycles. The molecule has 0 aromatic heterocycles. The highest BCUT2D eigenvalue weighted by atomic mass is 14.0. The van der Waals surface area contributed by atoms with Crippen molar-refractivity contribution in [3.05, 3.63) is 12.7 Å². The Bertz CT molecular complexity index is 140. The van der Waals surface area contributed by atoms with Crippen LogP contribution in [-0.4, -0.2) is 0 Å². The molecule has 1 saturated carbocycles. The van der Waals surface area contributed by atoms with E-state index in [0.29, 0.717) is 0 Å². The molecule has 0 nitrogen and oxygen atoms in total. The zero-order valence-electron chi connectivity index (χ0n) is 15.6. The van der Waals surface area contributed by atoms with Gasteiger partial charge in [-0.3, -0.25) is 0 Å². The van der Waals surface area contributed by atoms with Crippen molar-refractivity contribution in [2.24, 2.45) is 0 Å². The van der Waals surface area contributed by atoms with E-state index in [4.69, 9.17) is 0 Å². The Kier molecular flexibility index (Phi) is 27.1. The second-order valence-electron chi connectivity index (χ2n) is 6.32. The number of hydrogen-bond acceptors (Lipinski definition) is 0. The first-order valence-electron chi connectivity index (χ1n) is 9.94. The van der Waals surface area contributed by atoms with Gasteiger partial charge >= 0.3 is 0 Å². The number of rotatable bonds is 9. The Balaban J connectivity index is 0. The maximum Gasteiger partial charge on any atom is -0.0353 e. The summed E-state index contributed by atoms with van der Waals surface area (Å²) < 4.78 is 0. The molecule has 128 valence electrons. The highest BCUT2D eigenvalue weighted by molar-refractivity contribution is 4.65. The van der Waals surface area contributed by atoms with Crippen LogP contribution in [-0.2, 0) is 0 Å². The number of allylic oxidation sites excluding steroid dienone is 1. The molecule has 0 amide bonds. The summed E-state index contributed by atoms with van der Waals surface area (Å²) in [5, 5.41) is 0. The lowest BCUT2D eigenvalue weighted by molar-refractivity contribution is 0.504. The van der Waals surface area contributed by atoms with Crippen LogP contribution in [0.2, 0.25) is 0 Å². The molecule has 0 aromatic rings. The van der Waals surface area contributed by atoms with E-state index in [1.807, 2.05) is 6.08 Å². The van der Waals surface area contributed by atoms with Crippen LogP contribution in [0.25, 0.3) is 0 Å². The lowest BCUT2D eigenvalue weighted by atomic mass is 10.0. The van der Waals surface area contributed by atoms with E-state index in [1.54, 1.807) is 0 Å². The Morgan fingerprint density at radius 3 is 1.19 bits per heavy atom. The average molecular weight is 297 g/mol. The summed E-state index contributed by atoms with van der Waals surface area (Å²) in [7, 11) is 0. The quantitative estimate of drug-likeness (QED) is 0.295. The molecular formula is C21H44. The molecule has 0 spiro atoms. The molecule has 1 fully saturated rings. The van der Waals surface area contributed by atoms with E-state index in [2.05, 4.69) is 27.4 Å². The third-order valence-electron chi connectivity index (χ3n) is 3.97. The minimum Gasteiger partial charge on any atom is -0.103 e. The second kappa shape index (κ2) is 24.7. The van der Waals surface area contributed by atoms with Gasteiger partial charge in [0.15, 0.2) is 0 Å².